The molecule has 0 aromatic carbocycles. The molecule has 2 heteroatoms. The minimum atomic E-state index is -0.369. The number of rotatable bonds is 4. The molecule has 1 rings (SSSR count). The quantitative estimate of drug-likeness (QED) is 0.629. The SMILES string of the molecule is CCCCC[C@@H]1OC=C[C@H]1O. The number of hydrogen-bond acceptors (Lipinski definition) is 2. The highest BCUT2D eigenvalue weighted by atomic mass is 16.5. The molecule has 11 heavy (non-hydrogen) atoms. The zero-order valence-corrected chi connectivity index (χ0v) is 6.99. The normalized spacial score (nSPS) is 28.9. The third kappa shape index (κ3) is 2.54. The Morgan fingerprint density at radius 1 is 1.45 bits per heavy atom. The first kappa shape index (κ1) is 8.60. The van der Waals surface area contributed by atoms with Crippen molar-refractivity contribution < 1.29 is 9.84 Å². The van der Waals surface area contributed by atoms with Gasteiger partial charge in [-0.3, -0.25) is 0 Å². The Balaban J connectivity index is 2.08. The van der Waals surface area contributed by atoms with E-state index in [2.05, 4.69) is 6.92 Å². The van der Waals surface area contributed by atoms with Crippen LogP contribution in [-0.2, 0) is 4.74 Å². The lowest BCUT2D eigenvalue weighted by Crippen LogP contribution is -2.20. The molecule has 0 amide bonds. The van der Waals surface area contributed by atoms with Crippen molar-refractivity contribution in [3.8, 4) is 0 Å². The third-order valence-corrected chi connectivity index (χ3v) is 2.00. The summed E-state index contributed by atoms with van der Waals surface area (Å²) in [4.78, 5) is 0. The largest absolute Gasteiger partial charge is 0.495 e. The van der Waals surface area contributed by atoms with Crippen molar-refractivity contribution >= 4 is 0 Å². The van der Waals surface area contributed by atoms with Gasteiger partial charge >= 0.3 is 0 Å². The molecule has 0 fully saturated rings. The summed E-state index contributed by atoms with van der Waals surface area (Å²) in [6.07, 6.45) is 7.54. The molecule has 0 aliphatic carbocycles. The van der Waals surface area contributed by atoms with E-state index in [1.54, 1.807) is 12.3 Å². The van der Waals surface area contributed by atoms with Crippen LogP contribution in [0, 0.1) is 0 Å². The van der Waals surface area contributed by atoms with Crippen LogP contribution < -0.4 is 0 Å². The van der Waals surface area contributed by atoms with Gasteiger partial charge in [-0.2, -0.15) is 0 Å². The zero-order chi connectivity index (χ0) is 8.10. The molecule has 0 radical (unpaired) electrons. The summed E-state index contributed by atoms with van der Waals surface area (Å²) in [5.74, 6) is 0. The molecular formula is C9H16O2. The lowest BCUT2D eigenvalue weighted by atomic mass is 10.1. The van der Waals surface area contributed by atoms with E-state index >= 15 is 0 Å². The molecule has 2 atom stereocenters. The topological polar surface area (TPSA) is 29.5 Å². The minimum absolute atomic E-state index is 0.0292. The lowest BCUT2D eigenvalue weighted by Gasteiger charge is -2.13. The Labute approximate surface area is 67.9 Å². The van der Waals surface area contributed by atoms with Crippen LogP contribution in [0.15, 0.2) is 12.3 Å². The summed E-state index contributed by atoms with van der Waals surface area (Å²) < 4.78 is 5.18. The molecule has 0 saturated heterocycles. The van der Waals surface area contributed by atoms with E-state index < -0.39 is 0 Å². The molecule has 2 nitrogen and oxygen atoms in total. The van der Waals surface area contributed by atoms with Gasteiger partial charge in [0.1, 0.15) is 12.2 Å². The summed E-state index contributed by atoms with van der Waals surface area (Å²) in [5.41, 5.74) is 0. The van der Waals surface area contributed by atoms with E-state index in [0.717, 1.165) is 12.8 Å². The van der Waals surface area contributed by atoms with E-state index in [0.29, 0.717) is 0 Å². The second-order valence-corrected chi connectivity index (χ2v) is 2.99. The number of aliphatic hydroxyl groups excluding tert-OH is 1. The monoisotopic (exact) mass is 156 g/mol. The van der Waals surface area contributed by atoms with Crippen LogP contribution in [0.25, 0.3) is 0 Å². The second kappa shape index (κ2) is 4.39. The van der Waals surface area contributed by atoms with Crippen molar-refractivity contribution in [3.05, 3.63) is 12.3 Å². The van der Waals surface area contributed by atoms with Gasteiger partial charge in [0.05, 0.1) is 6.26 Å². The summed E-state index contributed by atoms with van der Waals surface area (Å²) >= 11 is 0. The zero-order valence-electron chi connectivity index (χ0n) is 6.99. The fourth-order valence-corrected chi connectivity index (χ4v) is 1.27. The minimum Gasteiger partial charge on any atom is -0.495 e. The summed E-state index contributed by atoms with van der Waals surface area (Å²) in [7, 11) is 0. The summed E-state index contributed by atoms with van der Waals surface area (Å²) in [5, 5.41) is 9.28. The molecule has 1 aliphatic heterocycles. The Bertz CT molecular complexity index is 132. The molecule has 1 N–H and O–H groups in total. The molecule has 0 saturated carbocycles. The average molecular weight is 156 g/mol. The van der Waals surface area contributed by atoms with Crippen LogP contribution >= 0.6 is 0 Å². The van der Waals surface area contributed by atoms with Crippen LogP contribution in [0.1, 0.15) is 32.6 Å². The maximum atomic E-state index is 9.28. The third-order valence-electron chi connectivity index (χ3n) is 2.00. The lowest BCUT2D eigenvalue weighted by molar-refractivity contribution is 0.0559. The van der Waals surface area contributed by atoms with Gasteiger partial charge in [0.25, 0.3) is 0 Å². The average Bonchev–Trinajstić information content (AvgIpc) is 2.37. The summed E-state index contributed by atoms with van der Waals surface area (Å²) in [6.45, 7) is 2.17. The molecule has 0 unspecified atom stereocenters. The van der Waals surface area contributed by atoms with Crippen molar-refractivity contribution in [1.82, 2.24) is 0 Å². The van der Waals surface area contributed by atoms with Crippen molar-refractivity contribution in [1.29, 1.82) is 0 Å². The number of aliphatic hydroxyl groups is 1. The molecule has 0 aromatic rings. The van der Waals surface area contributed by atoms with Gasteiger partial charge in [0.15, 0.2) is 0 Å². The highest BCUT2D eigenvalue weighted by Crippen LogP contribution is 2.16. The standard InChI is InChI=1S/C9H16O2/c1-2-3-4-5-9-8(10)6-7-11-9/h6-10H,2-5H2,1H3/t8-,9+/m1/s1. The highest BCUT2D eigenvalue weighted by molar-refractivity contribution is 4.95. The van der Waals surface area contributed by atoms with E-state index in [4.69, 9.17) is 4.74 Å². The number of ether oxygens (including phenoxy) is 1. The number of unbranched alkanes of at least 4 members (excludes halogenated alkanes) is 2. The van der Waals surface area contributed by atoms with Crippen LogP contribution in [-0.4, -0.2) is 17.3 Å². The second-order valence-electron chi connectivity index (χ2n) is 2.99. The maximum Gasteiger partial charge on any atom is 0.127 e. The molecule has 1 heterocycles. The molecule has 0 bridgehead atoms. The Morgan fingerprint density at radius 2 is 2.27 bits per heavy atom. The van der Waals surface area contributed by atoms with E-state index in [1.165, 1.54) is 12.8 Å². The maximum absolute atomic E-state index is 9.28. The Hall–Kier alpha value is -0.500. The van der Waals surface area contributed by atoms with Crippen molar-refractivity contribution in [3.63, 3.8) is 0 Å². The van der Waals surface area contributed by atoms with Gasteiger partial charge in [-0.05, 0) is 18.9 Å². The molecule has 0 spiro atoms. The van der Waals surface area contributed by atoms with Crippen molar-refractivity contribution in [2.24, 2.45) is 0 Å². The number of hydrogen-bond donors (Lipinski definition) is 1. The van der Waals surface area contributed by atoms with Gasteiger partial charge in [0, 0.05) is 0 Å². The van der Waals surface area contributed by atoms with Crippen LogP contribution in [0.5, 0.6) is 0 Å². The summed E-state index contributed by atoms with van der Waals surface area (Å²) in [6, 6.07) is 0. The first-order valence-electron chi connectivity index (χ1n) is 4.34. The van der Waals surface area contributed by atoms with Gasteiger partial charge < -0.3 is 9.84 Å². The van der Waals surface area contributed by atoms with Crippen molar-refractivity contribution in [2.75, 3.05) is 0 Å². The predicted octanol–water partition coefficient (Wildman–Crippen LogP) is 1.84. The van der Waals surface area contributed by atoms with Gasteiger partial charge in [-0.25, -0.2) is 0 Å². The van der Waals surface area contributed by atoms with E-state index in [9.17, 15) is 5.11 Å². The van der Waals surface area contributed by atoms with Crippen LogP contribution in [0.4, 0.5) is 0 Å². The highest BCUT2D eigenvalue weighted by Gasteiger charge is 2.20. The molecular weight excluding hydrogens is 140 g/mol. The molecule has 1 aliphatic rings. The molecule has 64 valence electrons. The smallest absolute Gasteiger partial charge is 0.127 e. The van der Waals surface area contributed by atoms with Gasteiger partial charge in [-0.15, -0.1) is 0 Å². The van der Waals surface area contributed by atoms with Gasteiger partial charge in [0.2, 0.25) is 0 Å². The van der Waals surface area contributed by atoms with E-state index in [1.807, 2.05) is 0 Å². The fourth-order valence-electron chi connectivity index (χ4n) is 1.27. The van der Waals surface area contributed by atoms with Crippen LogP contribution in [0.2, 0.25) is 0 Å². The Kier molecular flexibility index (Phi) is 3.43. The molecule has 0 aromatic heterocycles. The first-order valence-corrected chi connectivity index (χ1v) is 4.34. The predicted molar refractivity (Wildman–Crippen MR) is 44.2 cm³/mol. The van der Waals surface area contributed by atoms with Crippen molar-refractivity contribution in [2.45, 2.75) is 44.8 Å². The van der Waals surface area contributed by atoms with E-state index in [-0.39, 0.29) is 12.2 Å². The van der Waals surface area contributed by atoms with Gasteiger partial charge in [-0.1, -0.05) is 19.8 Å². The Morgan fingerprint density at radius 3 is 2.82 bits per heavy atom. The first-order chi connectivity index (χ1) is 5.34. The van der Waals surface area contributed by atoms with Crippen LogP contribution in [0.3, 0.4) is 0 Å². The fraction of sp³-hybridized carbons (Fsp3) is 0.778.